The Hall–Kier alpha value is -1.55. The molecule has 0 radical (unpaired) electrons. The van der Waals surface area contributed by atoms with Gasteiger partial charge in [0.05, 0.1) is 0 Å². The maximum absolute atomic E-state index is 12.0. The van der Waals surface area contributed by atoms with Gasteiger partial charge >= 0.3 is 0 Å². The molecular weight excluding hydrogens is 252 g/mol. The van der Waals surface area contributed by atoms with Crippen LogP contribution in [0.2, 0.25) is 0 Å². The van der Waals surface area contributed by atoms with Crippen molar-refractivity contribution < 1.29 is 9.53 Å². The summed E-state index contributed by atoms with van der Waals surface area (Å²) in [4.78, 5) is 13.7. The first kappa shape index (κ1) is 14.9. The molecule has 0 spiro atoms. The lowest BCUT2D eigenvalue weighted by molar-refractivity contribution is -0.133. The fourth-order valence-corrected chi connectivity index (χ4v) is 2.52. The zero-order valence-electron chi connectivity index (χ0n) is 12.6. The number of carbonyl (C=O) groups is 1. The molecule has 0 fully saturated rings. The molecule has 1 atom stereocenters. The van der Waals surface area contributed by atoms with Crippen molar-refractivity contribution in [2.24, 2.45) is 5.73 Å². The Labute approximate surface area is 120 Å². The largest absolute Gasteiger partial charge is 0.483 e. The molecular formula is C16H24N2O2. The lowest BCUT2D eigenvalue weighted by Gasteiger charge is -2.25. The maximum Gasteiger partial charge on any atom is 0.260 e. The van der Waals surface area contributed by atoms with Gasteiger partial charge in [-0.05, 0) is 50.3 Å². The van der Waals surface area contributed by atoms with E-state index >= 15 is 0 Å². The Kier molecular flexibility index (Phi) is 4.65. The third-order valence-corrected chi connectivity index (χ3v) is 4.03. The van der Waals surface area contributed by atoms with Crippen LogP contribution >= 0.6 is 0 Å². The minimum Gasteiger partial charge on any atom is -0.483 e. The van der Waals surface area contributed by atoms with Crippen LogP contribution in [0.15, 0.2) is 18.2 Å². The van der Waals surface area contributed by atoms with Crippen LogP contribution in [0.4, 0.5) is 0 Å². The summed E-state index contributed by atoms with van der Waals surface area (Å²) in [7, 11) is 1.80. The minimum atomic E-state index is -0.00212. The molecule has 110 valence electrons. The number of likely N-dealkylation sites (N-methyl/N-ethyl adjacent to an activating group) is 1. The highest BCUT2D eigenvalue weighted by Crippen LogP contribution is 2.33. The van der Waals surface area contributed by atoms with Gasteiger partial charge in [0.1, 0.15) is 5.75 Å². The SMILES string of the molecule is CC(C)N(C)C(=O)COc1cccc2c1CCCC2N. The molecule has 20 heavy (non-hydrogen) atoms. The van der Waals surface area contributed by atoms with Crippen molar-refractivity contribution >= 4 is 5.91 Å². The van der Waals surface area contributed by atoms with Crippen molar-refractivity contribution in [1.29, 1.82) is 0 Å². The molecule has 0 heterocycles. The third-order valence-electron chi connectivity index (χ3n) is 4.03. The van der Waals surface area contributed by atoms with E-state index in [9.17, 15) is 4.79 Å². The van der Waals surface area contributed by atoms with Gasteiger partial charge in [0.25, 0.3) is 5.91 Å². The van der Waals surface area contributed by atoms with Crippen molar-refractivity contribution in [2.45, 2.75) is 45.2 Å². The van der Waals surface area contributed by atoms with Gasteiger partial charge in [-0.3, -0.25) is 4.79 Å². The first-order valence-electron chi connectivity index (χ1n) is 7.26. The molecule has 1 unspecified atom stereocenters. The number of nitrogens with zero attached hydrogens (tertiary/aromatic N) is 1. The average Bonchev–Trinajstić information content (AvgIpc) is 2.44. The molecule has 0 bridgehead atoms. The van der Waals surface area contributed by atoms with E-state index < -0.39 is 0 Å². The summed E-state index contributed by atoms with van der Waals surface area (Å²) in [5.74, 6) is 0.806. The number of benzene rings is 1. The summed E-state index contributed by atoms with van der Waals surface area (Å²) in [5, 5.41) is 0. The van der Waals surface area contributed by atoms with Crippen LogP contribution in [0.5, 0.6) is 5.75 Å². The van der Waals surface area contributed by atoms with Crippen LogP contribution in [0.25, 0.3) is 0 Å². The Bertz CT molecular complexity index is 485. The Morgan fingerprint density at radius 1 is 1.50 bits per heavy atom. The van der Waals surface area contributed by atoms with Crippen LogP contribution in [0, 0.1) is 0 Å². The van der Waals surface area contributed by atoms with Gasteiger partial charge in [0.15, 0.2) is 6.61 Å². The molecule has 2 rings (SSSR count). The summed E-state index contributed by atoms with van der Waals surface area (Å²) in [6.07, 6.45) is 3.08. The Morgan fingerprint density at radius 2 is 2.25 bits per heavy atom. The van der Waals surface area contributed by atoms with Crippen LogP contribution in [-0.2, 0) is 11.2 Å². The normalized spacial score (nSPS) is 17.8. The second-order valence-corrected chi connectivity index (χ2v) is 5.71. The number of hydrogen-bond donors (Lipinski definition) is 1. The summed E-state index contributed by atoms with van der Waals surface area (Å²) < 4.78 is 5.74. The molecule has 0 saturated carbocycles. The monoisotopic (exact) mass is 276 g/mol. The predicted octanol–water partition coefficient (Wildman–Crippen LogP) is 2.27. The van der Waals surface area contributed by atoms with Gasteiger partial charge in [0.2, 0.25) is 0 Å². The third kappa shape index (κ3) is 3.12. The van der Waals surface area contributed by atoms with Crippen LogP contribution in [-0.4, -0.2) is 30.5 Å². The van der Waals surface area contributed by atoms with E-state index in [1.807, 2.05) is 26.0 Å². The van der Waals surface area contributed by atoms with Gasteiger partial charge in [-0.2, -0.15) is 0 Å². The lowest BCUT2D eigenvalue weighted by Crippen LogP contribution is -2.36. The zero-order chi connectivity index (χ0) is 14.7. The fourth-order valence-electron chi connectivity index (χ4n) is 2.52. The molecule has 1 aliphatic carbocycles. The quantitative estimate of drug-likeness (QED) is 0.918. The van der Waals surface area contributed by atoms with Gasteiger partial charge < -0.3 is 15.4 Å². The van der Waals surface area contributed by atoms with Crippen molar-refractivity contribution in [1.82, 2.24) is 4.90 Å². The smallest absolute Gasteiger partial charge is 0.260 e. The minimum absolute atomic E-state index is 0.00212. The molecule has 1 aliphatic rings. The number of amides is 1. The van der Waals surface area contributed by atoms with Crippen LogP contribution < -0.4 is 10.5 Å². The van der Waals surface area contributed by atoms with E-state index in [4.69, 9.17) is 10.5 Å². The maximum atomic E-state index is 12.0. The Balaban J connectivity index is 2.07. The lowest BCUT2D eigenvalue weighted by atomic mass is 9.88. The number of fused-ring (bicyclic) bond motifs is 1. The number of nitrogens with two attached hydrogens (primary N) is 1. The van der Waals surface area contributed by atoms with Crippen molar-refractivity contribution in [2.75, 3.05) is 13.7 Å². The molecule has 0 saturated heterocycles. The van der Waals surface area contributed by atoms with Gasteiger partial charge in [-0.15, -0.1) is 0 Å². The molecule has 4 nitrogen and oxygen atoms in total. The van der Waals surface area contributed by atoms with E-state index in [0.29, 0.717) is 0 Å². The van der Waals surface area contributed by atoms with Crippen LogP contribution in [0.1, 0.15) is 43.9 Å². The number of rotatable bonds is 4. The molecule has 4 heteroatoms. The van der Waals surface area contributed by atoms with Crippen molar-refractivity contribution in [3.63, 3.8) is 0 Å². The molecule has 1 aromatic carbocycles. The van der Waals surface area contributed by atoms with Crippen LogP contribution in [0.3, 0.4) is 0 Å². The van der Waals surface area contributed by atoms with Gasteiger partial charge in [-0.1, -0.05) is 12.1 Å². The average molecular weight is 276 g/mol. The Morgan fingerprint density at radius 3 is 2.95 bits per heavy atom. The van der Waals surface area contributed by atoms with E-state index in [1.165, 1.54) is 11.1 Å². The highest BCUT2D eigenvalue weighted by molar-refractivity contribution is 5.77. The van der Waals surface area contributed by atoms with E-state index in [-0.39, 0.29) is 24.6 Å². The molecule has 2 N–H and O–H groups in total. The standard InChI is InChI=1S/C16H24N2O2/c1-11(2)18(3)16(19)10-20-15-9-5-6-12-13(15)7-4-8-14(12)17/h5-6,9,11,14H,4,7-8,10,17H2,1-3H3. The first-order chi connectivity index (χ1) is 9.50. The van der Waals surface area contributed by atoms with E-state index in [2.05, 4.69) is 6.07 Å². The first-order valence-corrected chi connectivity index (χ1v) is 7.26. The molecule has 0 aromatic heterocycles. The summed E-state index contributed by atoms with van der Waals surface area (Å²) in [6.45, 7) is 4.06. The molecule has 1 amide bonds. The summed E-state index contributed by atoms with van der Waals surface area (Å²) in [5.41, 5.74) is 8.47. The number of ether oxygens (including phenoxy) is 1. The highest BCUT2D eigenvalue weighted by atomic mass is 16.5. The molecule has 1 aromatic rings. The van der Waals surface area contributed by atoms with Gasteiger partial charge in [0, 0.05) is 19.1 Å². The van der Waals surface area contributed by atoms with Crippen molar-refractivity contribution in [3.8, 4) is 5.75 Å². The molecule has 0 aliphatic heterocycles. The topological polar surface area (TPSA) is 55.6 Å². The second kappa shape index (κ2) is 6.27. The number of carbonyl (C=O) groups excluding carboxylic acids is 1. The summed E-state index contributed by atoms with van der Waals surface area (Å²) in [6, 6.07) is 6.23. The van der Waals surface area contributed by atoms with Crippen molar-refractivity contribution in [3.05, 3.63) is 29.3 Å². The second-order valence-electron chi connectivity index (χ2n) is 5.71. The van der Waals surface area contributed by atoms with Gasteiger partial charge in [-0.25, -0.2) is 0 Å². The highest BCUT2D eigenvalue weighted by Gasteiger charge is 2.20. The number of hydrogen-bond acceptors (Lipinski definition) is 3. The zero-order valence-corrected chi connectivity index (χ0v) is 12.6. The van der Waals surface area contributed by atoms with E-state index in [1.54, 1.807) is 11.9 Å². The predicted molar refractivity (Wildman–Crippen MR) is 79.7 cm³/mol. The summed E-state index contributed by atoms with van der Waals surface area (Å²) >= 11 is 0. The fraction of sp³-hybridized carbons (Fsp3) is 0.562. The van der Waals surface area contributed by atoms with E-state index in [0.717, 1.165) is 25.0 Å².